The van der Waals surface area contributed by atoms with Gasteiger partial charge in [-0.15, -0.1) is 0 Å². The van der Waals surface area contributed by atoms with E-state index < -0.39 is 6.10 Å². The Morgan fingerprint density at radius 3 is 2.94 bits per heavy atom. The quantitative estimate of drug-likeness (QED) is 0.672. The third-order valence-electron chi connectivity index (χ3n) is 3.32. The molecule has 92 valence electrons. The number of hydrogen-bond acceptors (Lipinski definition) is 3. The summed E-state index contributed by atoms with van der Waals surface area (Å²) >= 11 is 0. The molecule has 1 aliphatic rings. The van der Waals surface area contributed by atoms with Crippen LogP contribution in [0.2, 0.25) is 0 Å². The number of ether oxygens (including phenoxy) is 1. The highest BCUT2D eigenvalue weighted by Gasteiger charge is 2.38. The Hall–Kier alpha value is -2.30. The van der Waals surface area contributed by atoms with E-state index in [0.717, 1.165) is 16.5 Å². The minimum absolute atomic E-state index is 0.0674. The van der Waals surface area contributed by atoms with E-state index in [1.807, 2.05) is 37.4 Å². The van der Waals surface area contributed by atoms with Crippen LogP contribution in [0.1, 0.15) is 18.4 Å². The number of fused-ring (bicyclic) bond motifs is 1. The molecular formula is C13H14N3O2+. The summed E-state index contributed by atoms with van der Waals surface area (Å²) in [7, 11) is 0. The summed E-state index contributed by atoms with van der Waals surface area (Å²) in [6.45, 7) is 1.96. The lowest BCUT2D eigenvalue weighted by molar-refractivity contribution is -0.373. The third-order valence-corrected chi connectivity index (χ3v) is 3.32. The van der Waals surface area contributed by atoms with Crippen molar-refractivity contribution in [2.75, 3.05) is 0 Å². The minimum atomic E-state index is -0.566. The fraction of sp³-hybridized carbons (Fsp3) is 0.231. The highest BCUT2D eigenvalue weighted by Crippen LogP contribution is 2.28. The van der Waals surface area contributed by atoms with Crippen molar-refractivity contribution in [3.8, 4) is 0 Å². The average Bonchev–Trinajstić information content (AvgIpc) is 2.92. The number of aromatic nitrogens is 1. The standard InChI is InChI=1S/C13H13N3O2/c1-7(11-12(17)16-13(14)18-11)9-6-15-10-5-3-2-4-8(9)10/h2-7,11,15H,1H3,(H2,14,16,17)/p+1/t7-,11+/m1/s1. The summed E-state index contributed by atoms with van der Waals surface area (Å²) in [5.74, 6) is -0.257. The predicted molar refractivity (Wildman–Crippen MR) is 66.8 cm³/mol. The molecule has 18 heavy (non-hydrogen) atoms. The van der Waals surface area contributed by atoms with Gasteiger partial charge in [0.1, 0.15) is 0 Å². The van der Waals surface area contributed by atoms with Gasteiger partial charge in [-0.1, -0.05) is 25.1 Å². The molecule has 0 saturated heterocycles. The number of carbonyl (C=O) groups excluding carboxylic acids is 1. The number of amides is 1. The molecule has 3 rings (SSSR count). The van der Waals surface area contributed by atoms with E-state index in [0.29, 0.717) is 0 Å². The van der Waals surface area contributed by atoms with Gasteiger partial charge in [0.15, 0.2) is 0 Å². The van der Waals surface area contributed by atoms with Gasteiger partial charge in [0.2, 0.25) is 6.10 Å². The maximum atomic E-state index is 11.7. The first-order chi connectivity index (χ1) is 8.66. The zero-order valence-electron chi connectivity index (χ0n) is 9.94. The molecule has 2 heterocycles. The number of amidine groups is 1. The van der Waals surface area contributed by atoms with Crippen molar-refractivity contribution in [2.45, 2.75) is 18.9 Å². The van der Waals surface area contributed by atoms with E-state index in [1.54, 1.807) is 0 Å². The van der Waals surface area contributed by atoms with Gasteiger partial charge in [0.05, 0.1) is 0 Å². The zero-order valence-corrected chi connectivity index (χ0v) is 9.94. The Bertz CT molecular complexity index is 644. The van der Waals surface area contributed by atoms with E-state index in [2.05, 4.69) is 9.98 Å². The fourth-order valence-corrected chi connectivity index (χ4v) is 2.38. The van der Waals surface area contributed by atoms with E-state index in [9.17, 15) is 4.79 Å². The van der Waals surface area contributed by atoms with Gasteiger partial charge in [-0.25, -0.2) is 4.79 Å². The molecule has 4 N–H and O–H groups in total. The Balaban J connectivity index is 1.98. The summed E-state index contributed by atoms with van der Waals surface area (Å²) < 4.78 is 5.33. The van der Waals surface area contributed by atoms with Crippen LogP contribution in [-0.4, -0.2) is 23.0 Å². The maximum Gasteiger partial charge on any atom is 0.448 e. The van der Waals surface area contributed by atoms with Gasteiger partial charge >= 0.3 is 11.9 Å². The second kappa shape index (κ2) is 3.87. The van der Waals surface area contributed by atoms with Crippen molar-refractivity contribution in [1.82, 2.24) is 4.98 Å². The Kier molecular flexibility index (Phi) is 2.33. The number of para-hydroxylation sites is 1. The van der Waals surface area contributed by atoms with Gasteiger partial charge in [-0.05, 0) is 11.6 Å². The highest BCUT2D eigenvalue weighted by molar-refractivity contribution is 5.88. The average molecular weight is 244 g/mol. The Morgan fingerprint density at radius 1 is 1.44 bits per heavy atom. The van der Waals surface area contributed by atoms with Gasteiger partial charge in [0, 0.05) is 23.0 Å². The van der Waals surface area contributed by atoms with Gasteiger partial charge in [0.25, 0.3) is 0 Å². The number of nitrogens with two attached hydrogens (primary N) is 1. The van der Waals surface area contributed by atoms with Crippen molar-refractivity contribution in [3.05, 3.63) is 36.0 Å². The summed E-state index contributed by atoms with van der Waals surface area (Å²) in [4.78, 5) is 17.4. The Labute approximate surface area is 104 Å². The third kappa shape index (κ3) is 1.55. The summed E-state index contributed by atoms with van der Waals surface area (Å²) in [5.41, 5.74) is 7.58. The van der Waals surface area contributed by atoms with Crippen LogP contribution in [0.25, 0.3) is 10.9 Å². The smallest absolute Gasteiger partial charge is 0.415 e. The lowest BCUT2D eigenvalue weighted by Crippen LogP contribution is -2.77. The molecule has 0 radical (unpaired) electrons. The van der Waals surface area contributed by atoms with Gasteiger partial charge in [-0.3, -0.25) is 5.73 Å². The minimum Gasteiger partial charge on any atom is -0.415 e. The van der Waals surface area contributed by atoms with Crippen LogP contribution in [0.4, 0.5) is 0 Å². The molecule has 0 spiro atoms. The van der Waals surface area contributed by atoms with Gasteiger partial charge in [-0.2, -0.15) is 4.99 Å². The summed E-state index contributed by atoms with van der Waals surface area (Å²) in [5, 5.41) is 1.10. The maximum absolute atomic E-state index is 11.7. The van der Waals surface area contributed by atoms with Crippen molar-refractivity contribution in [1.29, 1.82) is 0 Å². The number of rotatable bonds is 2. The molecule has 1 aromatic carbocycles. The highest BCUT2D eigenvalue weighted by atomic mass is 16.5. The van der Waals surface area contributed by atoms with E-state index in [-0.39, 0.29) is 17.8 Å². The molecule has 5 nitrogen and oxygen atoms in total. The number of H-pyrrole nitrogens is 1. The molecule has 0 saturated carbocycles. The lowest BCUT2D eigenvalue weighted by atomic mass is 9.94. The van der Waals surface area contributed by atoms with E-state index in [1.165, 1.54) is 0 Å². The second-order valence-corrected chi connectivity index (χ2v) is 4.47. The normalized spacial score (nSPS) is 20.8. The van der Waals surface area contributed by atoms with Crippen LogP contribution < -0.4 is 10.7 Å². The predicted octanol–water partition coefficient (Wildman–Crippen LogP) is -0.408. The number of carbonyl (C=O) groups is 1. The molecule has 0 bridgehead atoms. The van der Waals surface area contributed by atoms with Crippen molar-refractivity contribution in [2.24, 2.45) is 5.73 Å². The van der Waals surface area contributed by atoms with E-state index in [4.69, 9.17) is 10.5 Å². The molecule has 2 atom stereocenters. The Morgan fingerprint density at radius 2 is 2.22 bits per heavy atom. The lowest BCUT2D eigenvalue weighted by Gasteiger charge is -2.14. The van der Waals surface area contributed by atoms with Gasteiger partial charge < -0.3 is 9.72 Å². The number of aromatic amines is 1. The molecule has 1 aromatic heterocycles. The molecule has 1 amide bonds. The summed E-state index contributed by atoms with van der Waals surface area (Å²) in [6.07, 6.45) is 1.35. The molecule has 0 unspecified atom stereocenters. The fourth-order valence-electron chi connectivity index (χ4n) is 2.38. The first kappa shape index (κ1) is 10.8. The first-order valence-corrected chi connectivity index (χ1v) is 5.83. The monoisotopic (exact) mass is 244 g/mol. The molecule has 0 fully saturated rings. The van der Waals surface area contributed by atoms with E-state index >= 15 is 0 Å². The number of nitrogens with one attached hydrogen (secondary N) is 2. The summed E-state index contributed by atoms with van der Waals surface area (Å²) in [6, 6.07) is 8.05. The van der Waals surface area contributed by atoms with Crippen LogP contribution in [0.5, 0.6) is 0 Å². The zero-order chi connectivity index (χ0) is 12.7. The van der Waals surface area contributed by atoms with Crippen LogP contribution >= 0.6 is 0 Å². The number of benzene rings is 1. The molecule has 2 aromatic rings. The number of hydrogen-bond donors (Lipinski definition) is 3. The first-order valence-electron chi connectivity index (χ1n) is 5.83. The molecule has 1 aliphatic heterocycles. The van der Waals surface area contributed by atoms with Crippen LogP contribution in [-0.2, 0) is 9.53 Å². The van der Waals surface area contributed by atoms with Crippen LogP contribution in [0.3, 0.4) is 0 Å². The van der Waals surface area contributed by atoms with Crippen LogP contribution in [0, 0.1) is 0 Å². The van der Waals surface area contributed by atoms with Crippen molar-refractivity contribution >= 4 is 22.8 Å². The second-order valence-electron chi connectivity index (χ2n) is 4.47. The largest absolute Gasteiger partial charge is 0.448 e. The van der Waals surface area contributed by atoms with Crippen LogP contribution in [0.15, 0.2) is 30.5 Å². The van der Waals surface area contributed by atoms with Crippen molar-refractivity contribution < 1.29 is 14.5 Å². The SMILES string of the molecule is C[C@H](c1c[nH]c2ccccc12)[C@@H]1OC(N)=[NH+]C1=O. The molecule has 5 heteroatoms. The molecule has 0 aliphatic carbocycles. The van der Waals surface area contributed by atoms with Crippen molar-refractivity contribution in [3.63, 3.8) is 0 Å². The molecular weight excluding hydrogens is 230 g/mol. The topological polar surface area (TPSA) is 82.1 Å².